The molecule has 6 aromatic rings. The Morgan fingerprint density at radius 1 is 0.643 bits per heavy atom. The summed E-state index contributed by atoms with van der Waals surface area (Å²) >= 11 is 0. The summed E-state index contributed by atoms with van der Waals surface area (Å²) in [5, 5.41) is 2.82. The molecule has 0 fully saturated rings. The summed E-state index contributed by atoms with van der Waals surface area (Å²) < 4.78 is 2.63. The van der Waals surface area contributed by atoms with Gasteiger partial charge in [0.15, 0.2) is 0 Å². The molecule has 3 aliphatic rings. The summed E-state index contributed by atoms with van der Waals surface area (Å²) in [5.74, 6) is 0. The van der Waals surface area contributed by atoms with Gasteiger partial charge in [0.05, 0.1) is 5.52 Å². The maximum Gasteiger partial charge on any atom is 0.247 e. The quantitative estimate of drug-likeness (QED) is 0.172. The van der Waals surface area contributed by atoms with Crippen LogP contribution < -0.4 is 16.4 Å². The maximum absolute atomic E-state index is 2.63. The van der Waals surface area contributed by atoms with Crippen molar-refractivity contribution in [3.8, 4) is 16.8 Å². The lowest BCUT2D eigenvalue weighted by atomic mass is 9.30. The van der Waals surface area contributed by atoms with Crippen molar-refractivity contribution in [3.05, 3.63) is 119 Å². The highest BCUT2D eigenvalue weighted by molar-refractivity contribution is 6.99. The third kappa shape index (κ3) is 2.73. The predicted molar refractivity (Wildman–Crippen MR) is 180 cm³/mol. The molecule has 3 heterocycles. The molecule has 0 unspecified atom stereocenters. The second-order valence-electron chi connectivity index (χ2n) is 15.0. The zero-order valence-corrected chi connectivity index (χ0v) is 25.7. The smallest absolute Gasteiger partial charge is 0.247 e. The fraction of sp³-hybridized carbons (Fsp3) is 0.250. The van der Waals surface area contributed by atoms with Crippen molar-refractivity contribution in [1.82, 2.24) is 4.57 Å². The minimum atomic E-state index is -0.0749. The van der Waals surface area contributed by atoms with Crippen LogP contribution in [0.5, 0.6) is 0 Å². The molecule has 0 saturated heterocycles. The molecule has 0 amide bonds. The lowest BCUT2D eigenvalue weighted by molar-refractivity contribution is 0.590. The molecule has 0 atom stereocenters. The number of hydrogen-bond acceptors (Lipinski definition) is 0. The number of fused-ring (bicyclic) bond motifs is 12. The van der Waals surface area contributed by atoms with Gasteiger partial charge < -0.3 is 4.57 Å². The first-order valence-corrected chi connectivity index (χ1v) is 15.5. The second kappa shape index (κ2) is 7.48. The predicted octanol–water partition coefficient (Wildman–Crippen LogP) is 7.86. The fourth-order valence-corrected chi connectivity index (χ4v) is 8.98. The first-order valence-electron chi connectivity index (χ1n) is 15.5. The Labute approximate surface area is 249 Å². The van der Waals surface area contributed by atoms with Crippen molar-refractivity contribution >= 4 is 44.9 Å². The van der Waals surface area contributed by atoms with Gasteiger partial charge in [-0.1, -0.05) is 133 Å². The van der Waals surface area contributed by atoms with E-state index in [9.17, 15) is 0 Å². The number of hydrogen-bond donors (Lipinski definition) is 0. The Morgan fingerprint density at radius 3 is 2.17 bits per heavy atom. The van der Waals surface area contributed by atoms with E-state index in [1.165, 1.54) is 82.8 Å². The number of benzene rings is 5. The van der Waals surface area contributed by atoms with Gasteiger partial charge in [0.2, 0.25) is 6.71 Å². The van der Waals surface area contributed by atoms with Gasteiger partial charge in [-0.15, -0.1) is 0 Å². The largest absolute Gasteiger partial charge is 0.310 e. The van der Waals surface area contributed by atoms with Crippen LogP contribution in [0.25, 0.3) is 38.6 Å². The second-order valence-corrected chi connectivity index (χ2v) is 15.0. The average Bonchev–Trinajstić information content (AvgIpc) is 3.42. The lowest BCUT2D eigenvalue weighted by Gasteiger charge is -2.41. The normalized spacial score (nSPS) is 16.8. The Kier molecular flexibility index (Phi) is 4.37. The third-order valence-electron chi connectivity index (χ3n) is 11.0. The molecule has 0 spiro atoms. The molecular weight excluding hydrogens is 505 g/mol. The Morgan fingerprint density at radius 2 is 1.38 bits per heavy atom. The van der Waals surface area contributed by atoms with Gasteiger partial charge >= 0.3 is 0 Å². The summed E-state index contributed by atoms with van der Waals surface area (Å²) in [6, 6.07) is 35.3. The molecule has 5 aromatic carbocycles. The van der Waals surface area contributed by atoms with E-state index in [1.807, 2.05) is 0 Å². The van der Waals surface area contributed by atoms with E-state index in [-0.39, 0.29) is 23.0 Å². The third-order valence-corrected chi connectivity index (χ3v) is 11.0. The van der Waals surface area contributed by atoms with Crippen molar-refractivity contribution in [2.24, 2.45) is 0 Å². The molecule has 0 radical (unpaired) electrons. The summed E-state index contributed by atoms with van der Waals surface area (Å²) in [4.78, 5) is 0. The van der Waals surface area contributed by atoms with Crippen LogP contribution in [0.4, 0.5) is 0 Å². The molecule has 1 aliphatic carbocycles. The van der Waals surface area contributed by atoms with Crippen LogP contribution in [0.2, 0.25) is 0 Å². The van der Waals surface area contributed by atoms with Crippen LogP contribution in [0, 0.1) is 0 Å². The number of aromatic nitrogens is 1. The van der Waals surface area contributed by atoms with Crippen molar-refractivity contribution in [2.45, 2.75) is 64.7 Å². The summed E-state index contributed by atoms with van der Waals surface area (Å²) in [6.45, 7) is 16.9. The first kappa shape index (κ1) is 24.6. The molecule has 2 aliphatic heterocycles. The van der Waals surface area contributed by atoms with E-state index in [4.69, 9.17) is 0 Å². The molecule has 0 bridgehead atoms. The van der Waals surface area contributed by atoms with Crippen LogP contribution in [-0.4, -0.2) is 11.3 Å². The van der Waals surface area contributed by atoms with Gasteiger partial charge in [0, 0.05) is 32.8 Å². The maximum atomic E-state index is 2.63. The highest BCUT2D eigenvalue weighted by atomic mass is 15.0. The van der Waals surface area contributed by atoms with Crippen LogP contribution >= 0.6 is 0 Å². The summed E-state index contributed by atoms with van der Waals surface area (Å²) in [7, 11) is 0. The minimum Gasteiger partial charge on any atom is -0.310 e. The van der Waals surface area contributed by atoms with E-state index >= 15 is 0 Å². The fourth-order valence-electron chi connectivity index (χ4n) is 8.98. The van der Waals surface area contributed by atoms with Crippen molar-refractivity contribution < 1.29 is 0 Å². The van der Waals surface area contributed by atoms with Crippen LogP contribution in [0.15, 0.2) is 91.0 Å². The molecule has 1 nitrogen and oxygen atoms in total. The molecule has 0 saturated carbocycles. The Bertz CT molecular complexity index is 2180. The van der Waals surface area contributed by atoms with E-state index in [0.29, 0.717) is 0 Å². The van der Waals surface area contributed by atoms with Gasteiger partial charge in [-0.25, -0.2) is 0 Å². The van der Waals surface area contributed by atoms with E-state index < -0.39 is 0 Å². The molecule has 0 N–H and O–H groups in total. The minimum absolute atomic E-state index is 0.0707. The van der Waals surface area contributed by atoms with Crippen LogP contribution in [0.1, 0.15) is 76.3 Å². The molecule has 42 heavy (non-hydrogen) atoms. The summed E-state index contributed by atoms with van der Waals surface area (Å²) in [6.07, 6.45) is 0. The molecular formula is C40H36BN. The van der Waals surface area contributed by atoms with Gasteiger partial charge in [0.25, 0.3) is 0 Å². The Balaban J connectivity index is 1.50. The van der Waals surface area contributed by atoms with E-state index in [2.05, 4.69) is 144 Å². The van der Waals surface area contributed by atoms with E-state index in [1.54, 1.807) is 0 Å². The van der Waals surface area contributed by atoms with Gasteiger partial charge in [-0.3, -0.25) is 0 Å². The van der Waals surface area contributed by atoms with Crippen molar-refractivity contribution in [2.75, 3.05) is 0 Å². The SMILES string of the molecule is CC(C)(C)c1ccc2c(c1)B1c3ccccc3C(C)(C)c3ccc4c5c6c(ccc5n-2c4c31)-c1ccccc1C6(C)C. The standard InChI is InChI=1S/C40H36BN/c1-38(2,3)23-16-20-32-31(22-23)41-30-15-11-10-14-28(30)39(4,5)29-19-17-26-34-33(42(32)37(26)36(29)41)21-18-25-24-12-8-9-13-27(24)40(6,7)35(25)34/h8-22H,1-7H3. The molecule has 204 valence electrons. The highest BCUT2D eigenvalue weighted by Crippen LogP contribution is 2.53. The number of rotatable bonds is 0. The van der Waals surface area contributed by atoms with Crippen molar-refractivity contribution in [3.63, 3.8) is 0 Å². The first-order chi connectivity index (χ1) is 20.0. The van der Waals surface area contributed by atoms with Gasteiger partial charge in [-0.05, 0) is 67.4 Å². The van der Waals surface area contributed by atoms with E-state index in [0.717, 1.165) is 0 Å². The topological polar surface area (TPSA) is 4.93 Å². The summed E-state index contributed by atoms with van der Waals surface area (Å²) in [5.41, 5.74) is 18.4. The zero-order valence-electron chi connectivity index (χ0n) is 25.7. The lowest BCUT2D eigenvalue weighted by Crippen LogP contribution is -2.63. The van der Waals surface area contributed by atoms with Crippen LogP contribution in [0.3, 0.4) is 0 Å². The Hall–Kier alpha value is -4.04. The average molecular weight is 542 g/mol. The molecule has 9 rings (SSSR count). The van der Waals surface area contributed by atoms with Gasteiger partial charge in [0.1, 0.15) is 0 Å². The number of nitrogens with zero attached hydrogens (tertiary/aromatic N) is 1. The highest BCUT2D eigenvalue weighted by Gasteiger charge is 2.46. The molecule has 2 heteroatoms. The van der Waals surface area contributed by atoms with Gasteiger partial charge in [-0.2, -0.15) is 0 Å². The van der Waals surface area contributed by atoms with Crippen LogP contribution in [-0.2, 0) is 16.2 Å². The zero-order chi connectivity index (χ0) is 28.9. The monoisotopic (exact) mass is 541 g/mol. The van der Waals surface area contributed by atoms with Crippen molar-refractivity contribution in [1.29, 1.82) is 0 Å². The molecule has 1 aromatic heterocycles.